The Morgan fingerprint density at radius 2 is 2.06 bits per heavy atom. The number of aromatic nitrogens is 4. The van der Waals surface area contributed by atoms with Crippen molar-refractivity contribution in [2.24, 2.45) is 4.99 Å². The summed E-state index contributed by atoms with van der Waals surface area (Å²) >= 11 is 6.20. The fourth-order valence-corrected chi connectivity index (χ4v) is 4.53. The van der Waals surface area contributed by atoms with Gasteiger partial charge in [-0.05, 0) is 50.8 Å². The molecule has 8 nitrogen and oxygen atoms in total. The largest absolute Gasteiger partial charge is 0.399 e. The highest BCUT2D eigenvalue weighted by Crippen LogP contribution is 2.31. The van der Waals surface area contributed by atoms with Crippen LogP contribution in [0.25, 0.3) is 11.0 Å². The number of aliphatic hydroxyl groups excluding tert-OH is 1. The van der Waals surface area contributed by atoms with Gasteiger partial charge >= 0.3 is 0 Å². The Balaban J connectivity index is 2.07. The van der Waals surface area contributed by atoms with E-state index in [-0.39, 0.29) is 24.6 Å². The molecule has 4 N–H and O–H groups in total. The van der Waals surface area contributed by atoms with Crippen molar-refractivity contribution in [1.82, 2.24) is 19.7 Å². The molecular weight excluding hydrogens is 414 g/mol. The van der Waals surface area contributed by atoms with Crippen molar-refractivity contribution in [3.05, 3.63) is 34.4 Å². The Morgan fingerprint density at radius 1 is 1.29 bits per heavy atom. The van der Waals surface area contributed by atoms with Gasteiger partial charge in [-0.1, -0.05) is 25.4 Å². The first-order chi connectivity index (χ1) is 14.8. The van der Waals surface area contributed by atoms with E-state index in [4.69, 9.17) is 27.3 Å². The summed E-state index contributed by atoms with van der Waals surface area (Å²) in [5, 5.41) is 18.3. The molecule has 1 saturated heterocycles. The second-order valence-electron chi connectivity index (χ2n) is 8.71. The molecule has 31 heavy (non-hydrogen) atoms. The second-order valence-corrected chi connectivity index (χ2v) is 9.15. The first kappa shape index (κ1) is 21.6. The summed E-state index contributed by atoms with van der Waals surface area (Å²) in [4.78, 5) is 12.0. The Hall–Kier alpha value is -2.58. The molecule has 3 aromatic rings. The van der Waals surface area contributed by atoms with Crippen LogP contribution in [0.1, 0.15) is 58.2 Å². The van der Waals surface area contributed by atoms with Crippen molar-refractivity contribution >= 4 is 40.0 Å². The zero-order valence-electron chi connectivity index (χ0n) is 18.4. The summed E-state index contributed by atoms with van der Waals surface area (Å²) in [6.07, 6.45) is 1.96. The van der Waals surface area contributed by atoms with Crippen LogP contribution < -0.4 is 16.1 Å². The number of anilines is 2. The van der Waals surface area contributed by atoms with Crippen molar-refractivity contribution < 1.29 is 5.11 Å². The summed E-state index contributed by atoms with van der Waals surface area (Å²) in [6, 6.07) is 5.41. The van der Waals surface area contributed by atoms with Crippen LogP contribution in [0.5, 0.6) is 0 Å². The molecule has 0 spiro atoms. The lowest BCUT2D eigenvalue weighted by atomic mass is 10.1. The van der Waals surface area contributed by atoms with Crippen LogP contribution in [0.3, 0.4) is 0 Å². The number of nitrogens with one attached hydrogen (secondary N) is 1. The molecule has 4 rings (SSSR count). The molecule has 0 bridgehead atoms. The Bertz CT molecular complexity index is 1140. The number of nitrogens with zero attached hydrogens (tertiary/aromatic N) is 5. The third-order valence-corrected chi connectivity index (χ3v) is 5.94. The number of H-pyrrole nitrogens is 1. The van der Waals surface area contributed by atoms with Crippen LogP contribution in [0.2, 0.25) is 5.02 Å². The molecule has 0 radical (unpaired) electrons. The molecule has 0 aliphatic carbocycles. The van der Waals surface area contributed by atoms with E-state index in [0.717, 1.165) is 36.5 Å². The van der Waals surface area contributed by atoms with E-state index < -0.39 is 0 Å². The van der Waals surface area contributed by atoms with Gasteiger partial charge in [0.15, 0.2) is 11.0 Å². The number of nitrogen functional groups attached to an aromatic ring is 1. The molecule has 1 unspecified atom stereocenters. The van der Waals surface area contributed by atoms with Gasteiger partial charge in [0.1, 0.15) is 0 Å². The Kier molecular flexibility index (Phi) is 5.94. The van der Waals surface area contributed by atoms with Gasteiger partial charge in [-0.2, -0.15) is 10.1 Å². The zero-order chi connectivity index (χ0) is 22.3. The van der Waals surface area contributed by atoms with Gasteiger partial charge in [-0.3, -0.25) is 5.10 Å². The van der Waals surface area contributed by atoms with Gasteiger partial charge < -0.3 is 20.3 Å². The summed E-state index contributed by atoms with van der Waals surface area (Å²) in [5.41, 5.74) is 10.4. The average Bonchev–Trinajstić information content (AvgIpc) is 3.33. The highest BCUT2D eigenvalue weighted by molar-refractivity contribution is 6.31. The molecule has 3 heterocycles. The van der Waals surface area contributed by atoms with Crippen LogP contribution in [0, 0.1) is 0 Å². The number of hydrogen-bond donors (Lipinski definition) is 3. The minimum atomic E-state index is 0.0408. The normalized spacial score (nSPS) is 17.6. The maximum absolute atomic E-state index is 9.96. The van der Waals surface area contributed by atoms with E-state index in [2.05, 4.69) is 47.4 Å². The Morgan fingerprint density at radius 3 is 2.71 bits per heavy atom. The fourth-order valence-electron chi connectivity index (χ4n) is 4.30. The molecule has 1 fully saturated rings. The zero-order valence-corrected chi connectivity index (χ0v) is 19.2. The van der Waals surface area contributed by atoms with E-state index in [0.29, 0.717) is 27.4 Å². The molecule has 1 aliphatic rings. The predicted molar refractivity (Wildman–Crippen MR) is 125 cm³/mol. The molecule has 1 aromatic carbocycles. The molecule has 0 amide bonds. The molecule has 9 heteroatoms. The second kappa shape index (κ2) is 8.51. The molecular formula is C22H30ClN7O. The SMILES string of the molecule is CC(C)c1[nH]nc2c(=Nc3cc(N)cc(Cl)c3)nc(N3CCCC3CO)n(C(C)C)c12. The summed E-state index contributed by atoms with van der Waals surface area (Å²) < 4.78 is 2.22. The lowest BCUT2D eigenvalue weighted by Gasteiger charge is -2.29. The number of fused-ring (bicyclic) bond motifs is 1. The van der Waals surface area contributed by atoms with Crippen molar-refractivity contribution in [2.75, 3.05) is 23.8 Å². The monoisotopic (exact) mass is 443 g/mol. The van der Waals surface area contributed by atoms with Crippen LogP contribution >= 0.6 is 11.6 Å². The van der Waals surface area contributed by atoms with Crippen LogP contribution in [-0.2, 0) is 0 Å². The number of benzene rings is 1. The molecule has 166 valence electrons. The lowest BCUT2D eigenvalue weighted by molar-refractivity contribution is 0.265. The van der Waals surface area contributed by atoms with Crippen LogP contribution in [0.15, 0.2) is 23.2 Å². The maximum Gasteiger partial charge on any atom is 0.208 e. The summed E-state index contributed by atoms with van der Waals surface area (Å²) in [7, 11) is 0. The van der Waals surface area contributed by atoms with E-state index in [1.165, 1.54) is 0 Å². The van der Waals surface area contributed by atoms with E-state index in [9.17, 15) is 5.11 Å². The van der Waals surface area contributed by atoms with Crippen molar-refractivity contribution in [1.29, 1.82) is 0 Å². The first-order valence-electron chi connectivity index (χ1n) is 10.8. The lowest BCUT2D eigenvalue weighted by Crippen LogP contribution is -2.37. The molecule has 1 atom stereocenters. The number of aromatic amines is 1. The third-order valence-electron chi connectivity index (χ3n) is 5.72. The van der Waals surface area contributed by atoms with Gasteiger partial charge in [-0.25, -0.2) is 4.99 Å². The molecule has 0 saturated carbocycles. The highest BCUT2D eigenvalue weighted by Gasteiger charge is 2.30. The first-order valence-corrected chi connectivity index (χ1v) is 11.2. The average molecular weight is 444 g/mol. The minimum Gasteiger partial charge on any atom is -0.399 e. The van der Waals surface area contributed by atoms with Gasteiger partial charge in [0.2, 0.25) is 5.95 Å². The topological polar surface area (TPSA) is 108 Å². The number of halogens is 1. The number of aliphatic hydroxyl groups is 1. The standard InChI is InChI=1S/C22H30ClN7O/c1-12(2)18-20-19(28-27-18)21(25-16-9-14(23)8-15(24)10-16)26-22(30(20)13(3)4)29-7-5-6-17(29)11-31/h8-10,12-13,17,31H,5-7,11,24H2,1-4H3,(H,27,28). The number of hydrogen-bond acceptors (Lipinski definition) is 6. The fraction of sp³-hybridized carbons (Fsp3) is 0.500. The van der Waals surface area contributed by atoms with Gasteiger partial charge in [0.05, 0.1) is 29.5 Å². The van der Waals surface area contributed by atoms with Crippen LogP contribution in [-0.4, -0.2) is 44.0 Å². The van der Waals surface area contributed by atoms with Crippen LogP contribution in [0.4, 0.5) is 17.3 Å². The highest BCUT2D eigenvalue weighted by atomic mass is 35.5. The van der Waals surface area contributed by atoms with Gasteiger partial charge in [-0.15, -0.1) is 0 Å². The summed E-state index contributed by atoms with van der Waals surface area (Å²) in [6.45, 7) is 9.49. The van der Waals surface area contributed by atoms with Crippen molar-refractivity contribution in [3.63, 3.8) is 0 Å². The number of rotatable bonds is 5. The Labute approximate surface area is 186 Å². The molecule has 1 aliphatic heterocycles. The third kappa shape index (κ3) is 4.02. The summed E-state index contributed by atoms with van der Waals surface area (Å²) in [5.74, 6) is 1.04. The van der Waals surface area contributed by atoms with Gasteiger partial charge in [0.25, 0.3) is 0 Å². The van der Waals surface area contributed by atoms with E-state index in [1.54, 1.807) is 18.2 Å². The quantitative estimate of drug-likeness (QED) is 0.518. The van der Waals surface area contributed by atoms with E-state index >= 15 is 0 Å². The number of nitrogens with two attached hydrogens (primary N) is 1. The van der Waals surface area contributed by atoms with Crippen molar-refractivity contribution in [2.45, 2.75) is 58.5 Å². The van der Waals surface area contributed by atoms with E-state index in [1.807, 2.05) is 0 Å². The predicted octanol–water partition coefficient (Wildman–Crippen LogP) is 3.89. The molecule has 2 aromatic heterocycles. The minimum absolute atomic E-state index is 0.0408. The van der Waals surface area contributed by atoms with Gasteiger partial charge in [0, 0.05) is 23.3 Å². The smallest absolute Gasteiger partial charge is 0.208 e. The maximum atomic E-state index is 9.96. The van der Waals surface area contributed by atoms with Crippen molar-refractivity contribution in [3.8, 4) is 0 Å².